The Kier molecular flexibility index (Phi) is 6.73. The highest BCUT2D eigenvalue weighted by molar-refractivity contribution is 7.91. The summed E-state index contributed by atoms with van der Waals surface area (Å²) in [6, 6.07) is 8.28. The van der Waals surface area contributed by atoms with E-state index in [4.69, 9.17) is 4.52 Å². The molecule has 3 heterocycles. The molecule has 0 radical (unpaired) electrons. The van der Waals surface area contributed by atoms with Crippen LogP contribution in [-0.2, 0) is 21.2 Å². The number of nitrogens with zero attached hydrogens (tertiary/aromatic N) is 3. The van der Waals surface area contributed by atoms with Gasteiger partial charge in [-0.15, -0.1) is 11.3 Å². The number of anilines is 1. The van der Waals surface area contributed by atoms with Gasteiger partial charge in [0, 0.05) is 47.6 Å². The van der Waals surface area contributed by atoms with Gasteiger partial charge in [0.2, 0.25) is 17.6 Å². The molecule has 1 saturated heterocycles. The molecule has 1 aromatic carbocycles. The quantitative estimate of drug-likeness (QED) is 0.504. The summed E-state index contributed by atoms with van der Waals surface area (Å²) in [5, 5.41) is 8.45. The van der Waals surface area contributed by atoms with Crippen molar-refractivity contribution < 1.29 is 22.5 Å². The predicted octanol–water partition coefficient (Wildman–Crippen LogP) is 3.60. The second kappa shape index (κ2) is 9.54. The molecule has 0 atom stereocenters. The van der Waals surface area contributed by atoms with Gasteiger partial charge in [-0.1, -0.05) is 12.1 Å². The maximum absolute atomic E-state index is 13.1. The van der Waals surface area contributed by atoms with Crippen LogP contribution in [0.2, 0.25) is 0 Å². The van der Waals surface area contributed by atoms with E-state index >= 15 is 0 Å². The van der Waals surface area contributed by atoms with Gasteiger partial charge in [0.1, 0.15) is 4.21 Å². The highest BCUT2D eigenvalue weighted by Crippen LogP contribution is 2.31. The number of carbonyl (C=O) groups is 2. The van der Waals surface area contributed by atoms with Crippen molar-refractivity contribution in [1.82, 2.24) is 14.4 Å². The van der Waals surface area contributed by atoms with E-state index in [1.54, 1.807) is 35.7 Å². The molecule has 3 aromatic rings. The summed E-state index contributed by atoms with van der Waals surface area (Å²) >= 11 is 1.12. The van der Waals surface area contributed by atoms with Crippen molar-refractivity contribution >= 4 is 38.7 Å². The molecule has 1 amide bonds. The molecule has 1 aliphatic rings. The number of aromatic nitrogens is 2. The Hall–Kier alpha value is -2.89. The lowest BCUT2D eigenvalue weighted by Gasteiger charge is -2.30. The average molecular weight is 489 g/mol. The molecule has 33 heavy (non-hydrogen) atoms. The number of amides is 1. The van der Waals surface area contributed by atoms with Crippen LogP contribution in [0.25, 0.3) is 11.4 Å². The maximum atomic E-state index is 13.1. The van der Waals surface area contributed by atoms with Gasteiger partial charge in [0.05, 0.1) is 0 Å². The second-order valence-electron chi connectivity index (χ2n) is 7.82. The number of rotatable bonds is 7. The lowest BCUT2D eigenvalue weighted by atomic mass is 9.97. The summed E-state index contributed by atoms with van der Waals surface area (Å²) in [7, 11) is -3.67. The number of sulfonamides is 1. The number of piperidine rings is 1. The molecule has 0 aliphatic carbocycles. The summed E-state index contributed by atoms with van der Waals surface area (Å²) in [4.78, 5) is 28.3. The molecule has 0 bridgehead atoms. The number of carbonyl (C=O) groups excluding carboxylic acids is 2. The van der Waals surface area contributed by atoms with Crippen molar-refractivity contribution in [2.24, 2.45) is 5.92 Å². The number of nitrogens with one attached hydrogen (secondary N) is 1. The highest BCUT2D eigenvalue weighted by Gasteiger charge is 2.33. The topological polar surface area (TPSA) is 122 Å². The molecule has 174 valence electrons. The molecule has 1 N–H and O–H groups in total. The van der Waals surface area contributed by atoms with Crippen LogP contribution in [0.1, 0.15) is 42.9 Å². The first-order chi connectivity index (χ1) is 15.8. The summed E-state index contributed by atoms with van der Waals surface area (Å²) in [6.07, 6.45) is 1.47. The van der Waals surface area contributed by atoms with E-state index in [0.29, 0.717) is 47.8 Å². The lowest BCUT2D eigenvalue weighted by molar-refractivity contribution is -0.120. The Morgan fingerprint density at radius 2 is 1.91 bits per heavy atom. The van der Waals surface area contributed by atoms with Crippen molar-refractivity contribution in [3.8, 4) is 11.4 Å². The third-order valence-electron chi connectivity index (χ3n) is 5.58. The van der Waals surface area contributed by atoms with E-state index in [-0.39, 0.29) is 34.9 Å². The Morgan fingerprint density at radius 1 is 1.21 bits per heavy atom. The van der Waals surface area contributed by atoms with Gasteiger partial charge in [-0.05, 0) is 50.1 Å². The Balaban J connectivity index is 1.36. The minimum absolute atomic E-state index is 0.0395. The van der Waals surface area contributed by atoms with Crippen LogP contribution in [0.5, 0.6) is 0 Å². The monoisotopic (exact) mass is 488 g/mol. The molecule has 2 aromatic heterocycles. The first kappa shape index (κ1) is 23.3. The van der Waals surface area contributed by atoms with Crippen LogP contribution < -0.4 is 5.32 Å². The summed E-state index contributed by atoms with van der Waals surface area (Å²) < 4.78 is 32.9. The summed E-state index contributed by atoms with van der Waals surface area (Å²) in [6.45, 7) is 3.91. The molecule has 11 heteroatoms. The minimum Gasteiger partial charge on any atom is -0.339 e. The van der Waals surface area contributed by atoms with Gasteiger partial charge < -0.3 is 9.84 Å². The van der Waals surface area contributed by atoms with Crippen LogP contribution in [0.4, 0.5) is 5.69 Å². The van der Waals surface area contributed by atoms with Gasteiger partial charge >= 0.3 is 0 Å². The van der Waals surface area contributed by atoms with E-state index in [9.17, 15) is 18.0 Å². The normalized spacial score (nSPS) is 15.5. The molecule has 1 aliphatic heterocycles. The Bertz CT molecular complexity index is 1260. The van der Waals surface area contributed by atoms with Crippen LogP contribution >= 0.6 is 11.3 Å². The molecule has 9 nitrogen and oxygen atoms in total. The third kappa shape index (κ3) is 5.05. The van der Waals surface area contributed by atoms with Gasteiger partial charge in [-0.3, -0.25) is 9.59 Å². The molecule has 0 unspecified atom stereocenters. The predicted molar refractivity (Wildman–Crippen MR) is 124 cm³/mol. The minimum atomic E-state index is -3.67. The van der Waals surface area contributed by atoms with E-state index in [2.05, 4.69) is 15.5 Å². The fourth-order valence-corrected chi connectivity index (χ4v) is 6.38. The lowest BCUT2D eigenvalue weighted by Crippen LogP contribution is -2.41. The number of hydrogen-bond donors (Lipinski definition) is 1. The molecular formula is C22H24N4O5S2. The van der Waals surface area contributed by atoms with Crippen molar-refractivity contribution in [2.75, 3.05) is 18.4 Å². The zero-order valence-electron chi connectivity index (χ0n) is 18.3. The van der Waals surface area contributed by atoms with Crippen LogP contribution in [0, 0.1) is 5.92 Å². The molecule has 0 spiro atoms. The van der Waals surface area contributed by atoms with E-state index in [1.165, 1.54) is 11.2 Å². The smallest absolute Gasteiger partial charge is 0.252 e. The molecular weight excluding hydrogens is 464 g/mol. The summed E-state index contributed by atoms with van der Waals surface area (Å²) in [5.74, 6) is 0.397. The zero-order valence-corrected chi connectivity index (χ0v) is 19.9. The fourth-order valence-electron chi connectivity index (χ4n) is 3.60. The van der Waals surface area contributed by atoms with E-state index in [1.807, 2.05) is 6.92 Å². The largest absolute Gasteiger partial charge is 0.339 e. The molecule has 0 saturated carbocycles. The highest BCUT2D eigenvalue weighted by atomic mass is 32.2. The number of benzene rings is 1. The van der Waals surface area contributed by atoms with E-state index < -0.39 is 10.0 Å². The van der Waals surface area contributed by atoms with Crippen molar-refractivity contribution in [3.63, 3.8) is 0 Å². The Morgan fingerprint density at radius 3 is 2.52 bits per heavy atom. The first-order valence-corrected chi connectivity index (χ1v) is 12.9. The van der Waals surface area contributed by atoms with Crippen LogP contribution in [-0.4, -0.2) is 47.6 Å². The van der Waals surface area contributed by atoms with Crippen LogP contribution in [0.3, 0.4) is 0 Å². The number of ketones is 1. The standard InChI is InChI=1S/C22H24N4O5S2/c1-3-19-24-21(25-31-19)17-12-20(32-13-17)33(29,30)26-10-8-16(9-11-26)22(28)23-18-6-4-15(5-7-18)14(2)27/h4-7,12-13,16H,3,8-11H2,1-2H3,(H,23,28). The van der Waals surface area contributed by atoms with Gasteiger partial charge in [-0.25, -0.2) is 8.42 Å². The third-order valence-corrected chi connectivity index (χ3v) is 8.90. The first-order valence-electron chi connectivity index (χ1n) is 10.6. The zero-order chi connectivity index (χ0) is 23.6. The summed E-state index contributed by atoms with van der Waals surface area (Å²) in [5.41, 5.74) is 1.79. The average Bonchev–Trinajstić information content (AvgIpc) is 3.49. The Labute approximate surface area is 195 Å². The maximum Gasteiger partial charge on any atom is 0.252 e. The van der Waals surface area contributed by atoms with Gasteiger partial charge in [-0.2, -0.15) is 9.29 Å². The van der Waals surface area contributed by atoms with Crippen molar-refractivity contribution in [3.05, 3.63) is 47.2 Å². The van der Waals surface area contributed by atoms with Crippen molar-refractivity contribution in [1.29, 1.82) is 0 Å². The van der Waals surface area contributed by atoms with Gasteiger partial charge in [0.15, 0.2) is 5.78 Å². The number of aryl methyl sites for hydroxylation is 1. The van der Waals surface area contributed by atoms with E-state index in [0.717, 1.165) is 11.3 Å². The number of thiophene rings is 1. The SMILES string of the molecule is CCc1nc(-c2csc(S(=O)(=O)N3CCC(C(=O)Nc4ccc(C(C)=O)cc4)CC3)c2)no1. The fraction of sp³-hybridized carbons (Fsp3) is 0.364. The molecule has 4 rings (SSSR count). The van der Waals surface area contributed by atoms with Crippen LogP contribution in [0.15, 0.2) is 44.4 Å². The number of Topliss-reactive ketones (excluding diaryl/α,β-unsaturated/α-hetero) is 1. The second-order valence-corrected chi connectivity index (χ2v) is 10.9. The molecule has 1 fully saturated rings. The number of hydrogen-bond acceptors (Lipinski definition) is 8. The van der Waals surface area contributed by atoms with Crippen molar-refractivity contribution in [2.45, 2.75) is 37.3 Å². The van der Waals surface area contributed by atoms with Gasteiger partial charge in [0.25, 0.3) is 10.0 Å².